The van der Waals surface area contributed by atoms with E-state index in [4.69, 9.17) is 9.47 Å². The molecule has 0 aliphatic rings. The molecule has 1 N–H and O–H groups in total. The first-order valence-corrected chi connectivity index (χ1v) is 7.64. The van der Waals surface area contributed by atoms with Gasteiger partial charge in [0.05, 0.1) is 6.61 Å². The molecule has 0 fully saturated rings. The van der Waals surface area contributed by atoms with E-state index in [1.165, 1.54) is 0 Å². The molecule has 4 nitrogen and oxygen atoms in total. The fourth-order valence-electron chi connectivity index (χ4n) is 2.13. The van der Waals surface area contributed by atoms with Crippen LogP contribution in [0.1, 0.15) is 50.8 Å². The molecule has 0 aliphatic carbocycles. The molecule has 0 heterocycles. The SMILES string of the molecule is CCCC(Oc1cc(C)ccc1C(C)NC)C(=O)OCC. The van der Waals surface area contributed by atoms with Gasteiger partial charge in [-0.15, -0.1) is 0 Å². The van der Waals surface area contributed by atoms with Crippen LogP contribution >= 0.6 is 0 Å². The van der Waals surface area contributed by atoms with Crippen molar-refractivity contribution in [2.75, 3.05) is 13.7 Å². The van der Waals surface area contributed by atoms with Gasteiger partial charge in [-0.2, -0.15) is 0 Å². The molecule has 0 saturated heterocycles. The highest BCUT2D eigenvalue weighted by Gasteiger charge is 2.23. The lowest BCUT2D eigenvalue weighted by Crippen LogP contribution is -2.30. The summed E-state index contributed by atoms with van der Waals surface area (Å²) in [6, 6.07) is 6.23. The van der Waals surface area contributed by atoms with Gasteiger partial charge in [0, 0.05) is 11.6 Å². The molecule has 0 radical (unpaired) electrons. The first-order chi connectivity index (χ1) is 10.0. The molecular formula is C17H27NO3. The van der Waals surface area contributed by atoms with Crippen LogP contribution in [0.25, 0.3) is 0 Å². The lowest BCUT2D eigenvalue weighted by molar-refractivity contribution is -0.151. The summed E-state index contributed by atoms with van der Waals surface area (Å²) in [4.78, 5) is 12.0. The molecule has 2 atom stereocenters. The van der Waals surface area contributed by atoms with Gasteiger partial charge in [-0.25, -0.2) is 4.79 Å². The second-order valence-electron chi connectivity index (χ2n) is 5.20. The van der Waals surface area contributed by atoms with E-state index in [9.17, 15) is 4.79 Å². The fraction of sp³-hybridized carbons (Fsp3) is 0.588. The second-order valence-corrected chi connectivity index (χ2v) is 5.20. The number of carbonyl (C=O) groups is 1. The molecule has 0 aromatic heterocycles. The van der Waals surface area contributed by atoms with Crippen molar-refractivity contribution in [1.29, 1.82) is 0 Å². The van der Waals surface area contributed by atoms with Gasteiger partial charge in [0.1, 0.15) is 5.75 Å². The van der Waals surface area contributed by atoms with Gasteiger partial charge in [0.2, 0.25) is 0 Å². The van der Waals surface area contributed by atoms with Crippen LogP contribution in [-0.4, -0.2) is 25.7 Å². The predicted molar refractivity (Wildman–Crippen MR) is 84.6 cm³/mol. The minimum atomic E-state index is -0.542. The predicted octanol–water partition coefficient (Wildman–Crippen LogP) is 3.39. The second kappa shape index (κ2) is 8.67. The highest BCUT2D eigenvalue weighted by atomic mass is 16.6. The van der Waals surface area contributed by atoms with Gasteiger partial charge in [0.25, 0.3) is 0 Å². The Balaban J connectivity index is 3.01. The molecule has 0 saturated carbocycles. The van der Waals surface area contributed by atoms with E-state index >= 15 is 0 Å². The van der Waals surface area contributed by atoms with E-state index in [2.05, 4.69) is 18.3 Å². The lowest BCUT2D eigenvalue weighted by Gasteiger charge is -2.22. The zero-order valence-electron chi connectivity index (χ0n) is 13.7. The van der Waals surface area contributed by atoms with E-state index in [1.54, 1.807) is 0 Å². The first kappa shape index (κ1) is 17.5. The molecule has 0 amide bonds. The molecular weight excluding hydrogens is 266 g/mol. The fourth-order valence-corrected chi connectivity index (χ4v) is 2.13. The summed E-state index contributed by atoms with van der Waals surface area (Å²) >= 11 is 0. The van der Waals surface area contributed by atoms with Crippen molar-refractivity contribution in [2.45, 2.75) is 52.7 Å². The van der Waals surface area contributed by atoms with Crippen LogP contribution < -0.4 is 10.1 Å². The summed E-state index contributed by atoms with van der Waals surface area (Å²) < 4.78 is 11.1. The van der Waals surface area contributed by atoms with Crippen LogP contribution in [0.4, 0.5) is 0 Å². The number of rotatable bonds is 8. The Bertz CT molecular complexity index is 459. The molecule has 0 bridgehead atoms. The molecule has 118 valence electrons. The summed E-state index contributed by atoms with van der Waals surface area (Å²) in [6.07, 6.45) is 0.978. The van der Waals surface area contributed by atoms with Crippen molar-refractivity contribution >= 4 is 5.97 Å². The normalized spacial score (nSPS) is 13.6. The van der Waals surface area contributed by atoms with E-state index in [0.29, 0.717) is 13.0 Å². The summed E-state index contributed by atoms with van der Waals surface area (Å²) in [7, 11) is 1.91. The van der Waals surface area contributed by atoms with Gasteiger partial charge in [-0.1, -0.05) is 25.5 Å². The number of aryl methyl sites for hydroxylation is 1. The molecule has 0 spiro atoms. The third-order valence-electron chi connectivity index (χ3n) is 3.44. The Morgan fingerprint density at radius 2 is 2.05 bits per heavy atom. The third kappa shape index (κ3) is 5.05. The van der Waals surface area contributed by atoms with Crippen molar-refractivity contribution in [2.24, 2.45) is 0 Å². The molecule has 2 unspecified atom stereocenters. The summed E-state index contributed by atoms with van der Waals surface area (Å²) in [5.41, 5.74) is 2.16. The maximum atomic E-state index is 12.0. The van der Waals surface area contributed by atoms with Crippen LogP contribution in [-0.2, 0) is 9.53 Å². The van der Waals surface area contributed by atoms with E-state index in [-0.39, 0.29) is 12.0 Å². The number of benzene rings is 1. The zero-order chi connectivity index (χ0) is 15.8. The number of hydrogen-bond donors (Lipinski definition) is 1. The van der Waals surface area contributed by atoms with Gasteiger partial charge in [-0.3, -0.25) is 0 Å². The smallest absolute Gasteiger partial charge is 0.347 e. The molecule has 4 heteroatoms. The Labute approximate surface area is 127 Å². The van der Waals surface area contributed by atoms with Gasteiger partial charge >= 0.3 is 5.97 Å². The average Bonchev–Trinajstić information content (AvgIpc) is 2.46. The van der Waals surface area contributed by atoms with Crippen LogP contribution in [0.15, 0.2) is 18.2 Å². The first-order valence-electron chi connectivity index (χ1n) is 7.64. The molecule has 0 aliphatic heterocycles. The average molecular weight is 293 g/mol. The van der Waals surface area contributed by atoms with Gasteiger partial charge in [0.15, 0.2) is 6.10 Å². The van der Waals surface area contributed by atoms with Crippen LogP contribution in [0.2, 0.25) is 0 Å². The van der Waals surface area contributed by atoms with Gasteiger partial charge < -0.3 is 14.8 Å². The quantitative estimate of drug-likeness (QED) is 0.746. The van der Waals surface area contributed by atoms with Crippen molar-refractivity contribution in [1.82, 2.24) is 5.32 Å². The number of ether oxygens (including phenoxy) is 2. The Hall–Kier alpha value is -1.55. The number of hydrogen-bond acceptors (Lipinski definition) is 4. The zero-order valence-corrected chi connectivity index (χ0v) is 13.7. The number of nitrogens with one attached hydrogen (secondary N) is 1. The Morgan fingerprint density at radius 3 is 2.62 bits per heavy atom. The highest BCUT2D eigenvalue weighted by Crippen LogP contribution is 2.28. The topological polar surface area (TPSA) is 47.6 Å². The third-order valence-corrected chi connectivity index (χ3v) is 3.44. The summed E-state index contributed by atoms with van der Waals surface area (Å²) in [5.74, 6) is 0.465. The van der Waals surface area contributed by atoms with Crippen LogP contribution in [0.5, 0.6) is 5.75 Å². The van der Waals surface area contributed by atoms with Crippen LogP contribution in [0, 0.1) is 6.92 Å². The monoisotopic (exact) mass is 293 g/mol. The van der Waals surface area contributed by atoms with E-state index in [1.807, 2.05) is 40.0 Å². The van der Waals surface area contributed by atoms with E-state index in [0.717, 1.165) is 23.3 Å². The van der Waals surface area contributed by atoms with Crippen molar-refractivity contribution < 1.29 is 14.3 Å². The molecule has 21 heavy (non-hydrogen) atoms. The van der Waals surface area contributed by atoms with Crippen molar-refractivity contribution in [3.05, 3.63) is 29.3 Å². The lowest BCUT2D eigenvalue weighted by atomic mass is 10.0. The Kier molecular flexibility index (Phi) is 7.23. The summed E-state index contributed by atoms with van der Waals surface area (Å²) in [6.45, 7) is 8.29. The minimum Gasteiger partial charge on any atom is -0.478 e. The molecule has 1 aromatic carbocycles. The maximum Gasteiger partial charge on any atom is 0.347 e. The van der Waals surface area contributed by atoms with Crippen molar-refractivity contribution in [3.63, 3.8) is 0 Å². The summed E-state index contributed by atoms with van der Waals surface area (Å²) in [5, 5.41) is 3.20. The largest absolute Gasteiger partial charge is 0.478 e. The minimum absolute atomic E-state index is 0.157. The van der Waals surface area contributed by atoms with E-state index < -0.39 is 6.10 Å². The van der Waals surface area contributed by atoms with Gasteiger partial charge in [-0.05, 0) is 45.9 Å². The van der Waals surface area contributed by atoms with Crippen LogP contribution in [0.3, 0.4) is 0 Å². The number of carbonyl (C=O) groups excluding carboxylic acids is 1. The van der Waals surface area contributed by atoms with Crippen molar-refractivity contribution in [3.8, 4) is 5.75 Å². The maximum absolute atomic E-state index is 12.0. The highest BCUT2D eigenvalue weighted by molar-refractivity contribution is 5.75. The standard InChI is InChI=1S/C17H27NO3/c1-6-8-15(17(19)20-7-2)21-16-11-12(3)9-10-14(16)13(4)18-5/h9-11,13,15,18H,6-8H2,1-5H3. The Morgan fingerprint density at radius 1 is 1.33 bits per heavy atom. The molecule has 1 rings (SSSR count). The molecule has 1 aromatic rings. The number of esters is 1.